The van der Waals surface area contributed by atoms with Crippen molar-refractivity contribution in [3.8, 4) is 0 Å². The predicted octanol–water partition coefficient (Wildman–Crippen LogP) is 2.21. The van der Waals surface area contributed by atoms with Gasteiger partial charge in [-0.05, 0) is 36.6 Å². The van der Waals surface area contributed by atoms with Gasteiger partial charge in [-0.1, -0.05) is 12.1 Å². The Kier molecular flexibility index (Phi) is 5.17. The molecule has 0 bridgehead atoms. The molecule has 2 amide bonds. The Balaban J connectivity index is 1.31. The van der Waals surface area contributed by atoms with Gasteiger partial charge in [-0.2, -0.15) is 5.10 Å². The quantitative estimate of drug-likeness (QED) is 0.862. The lowest BCUT2D eigenvalue weighted by Gasteiger charge is -2.34. The van der Waals surface area contributed by atoms with Crippen molar-refractivity contribution in [3.63, 3.8) is 0 Å². The highest BCUT2D eigenvalue weighted by molar-refractivity contribution is 6.02. The molecular formula is C21H27N5O2. The first-order valence-electron chi connectivity index (χ1n) is 9.91. The minimum absolute atomic E-state index is 0.150. The zero-order chi connectivity index (χ0) is 19.7. The maximum atomic E-state index is 12.5. The van der Waals surface area contributed by atoms with E-state index in [1.54, 1.807) is 6.92 Å². The molecule has 7 nitrogen and oxygen atoms in total. The number of nitrogens with zero attached hydrogens (tertiary/aromatic N) is 4. The molecule has 1 saturated carbocycles. The lowest BCUT2D eigenvalue weighted by Crippen LogP contribution is -2.47. The lowest BCUT2D eigenvalue weighted by molar-refractivity contribution is -0.130. The zero-order valence-corrected chi connectivity index (χ0v) is 16.5. The Labute approximate surface area is 165 Å². The molecule has 0 radical (unpaired) electrons. The molecule has 0 spiro atoms. The zero-order valence-electron chi connectivity index (χ0n) is 16.5. The molecule has 2 heterocycles. The van der Waals surface area contributed by atoms with Gasteiger partial charge >= 0.3 is 0 Å². The van der Waals surface area contributed by atoms with Crippen LogP contribution in [0, 0.1) is 0 Å². The van der Waals surface area contributed by atoms with E-state index < -0.39 is 0 Å². The third-order valence-electron chi connectivity index (χ3n) is 5.58. The second-order valence-electron chi connectivity index (χ2n) is 7.79. The van der Waals surface area contributed by atoms with Crippen LogP contribution < -0.4 is 5.32 Å². The van der Waals surface area contributed by atoms with Gasteiger partial charge in [0.2, 0.25) is 5.91 Å². The molecule has 2 fully saturated rings. The van der Waals surface area contributed by atoms with Crippen LogP contribution in [-0.2, 0) is 18.4 Å². The first-order chi connectivity index (χ1) is 13.5. The molecule has 2 aromatic rings. The highest BCUT2D eigenvalue weighted by Crippen LogP contribution is 2.39. The van der Waals surface area contributed by atoms with Gasteiger partial charge in [-0.3, -0.25) is 19.2 Å². The van der Waals surface area contributed by atoms with E-state index in [1.807, 2.05) is 47.0 Å². The highest BCUT2D eigenvalue weighted by atomic mass is 16.2. The monoisotopic (exact) mass is 381 g/mol. The Morgan fingerprint density at radius 3 is 2.39 bits per heavy atom. The molecule has 0 unspecified atom stereocenters. The van der Waals surface area contributed by atoms with Crippen molar-refractivity contribution < 1.29 is 9.59 Å². The lowest BCUT2D eigenvalue weighted by atomic mass is 10.1. The summed E-state index contributed by atoms with van der Waals surface area (Å²) in [5.74, 6) is 0.545. The van der Waals surface area contributed by atoms with Gasteiger partial charge < -0.3 is 10.2 Å². The second-order valence-corrected chi connectivity index (χ2v) is 7.79. The standard InChI is InChI=1S/C21H27N5O2/c1-15(27)26-11-9-25(10-12-26)14-16-3-7-18(8-4-16)22-21(28)19-13-20(17-5-6-17)24(2)23-19/h3-4,7-8,13,17H,5-6,9-12,14H2,1-2H3,(H,22,28). The fraction of sp³-hybridized carbons (Fsp3) is 0.476. The van der Waals surface area contributed by atoms with Crippen molar-refractivity contribution in [1.29, 1.82) is 0 Å². The summed E-state index contributed by atoms with van der Waals surface area (Å²) < 4.78 is 1.82. The maximum Gasteiger partial charge on any atom is 0.276 e. The SMILES string of the molecule is CC(=O)N1CCN(Cc2ccc(NC(=O)c3cc(C4CC4)n(C)n3)cc2)CC1. The minimum Gasteiger partial charge on any atom is -0.340 e. The Morgan fingerprint density at radius 1 is 1.11 bits per heavy atom. The number of hydrogen-bond acceptors (Lipinski definition) is 4. The second kappa shape index (κ2) is 7.75. The van der Waals surface area contributed by atoms with Crippen LogP contribution in [0.15, 0.2) is 30.3 Å². The maximum absolute atomic E-state index is 12.5. The summed E-state index contributed by atoms with van der Waals surface area (Å²) in [4.78, 5) is 28.1. The summed E-state index contributed by atoms with van der Waals surface area (Å²) in [6.07, 6.45) is 2.37. The number of carbonyl (C=O) groups is 2. The van der Waals surface area contributed by atoms with Crippen molar-refractivity contribution in [2.45, 2.75) is 32.2 Å². The minimum atomic E-state index is -0.171. The summed E-state index contributed by atoms with van der Waals surface area (Å²) in [6.45, 7) is 5.83. The molecule has 1 saturated heterocycles. The number of aromatic nitrogens is 2. The molecule has 1 aromatic heterocycles. The summed E-state index contributed by atoms with van der Waals surface area (Å²) >= 11 is 0. The van der Waals surface area contributed by atoms with Crippen molar-refractivity contribution in [2.24, 2.45) is 7.05 Å². The molecule has 0 atom stereocenters. The number of anilines is 1. The molecule has 7 heteroatoms. The Hall–Kier alpha value is -2.67. The molecular weight excluding hydrogens is 354 g/mol. The van der Waals surface area contributed by atoms with Crippen LogP contribution in [0.5, 0.6) is 0 Å². The number of piperazine rings is 1. The smallest absolute Gasteiger partial charge is 0.276 e. The van der Waals surface area contributed by atoms with Crippen molar-refractivity contribution >= 4 is 17.5 Å². The van der Waals surface area contributed by atoms with E-state index in [0.29, 0.717) is 11.6 Å². The number of rotatable bonds is 5. The number of aryl methyl sites for hydroxylation is 1. The van der Waals surface area contributed by atoms with E-state index in [0.717, 1.165) is 44.1 Å². The largest absolute Gasteiger partial charge is 0.340 e. The summed E-state index contributed by atoms with van der Waals surface area (Å²) in [6, 6.07) is 9.86. The fourth-order valence-electron chi connectivity index (χ4n) is 3.72. The van der Waals surface area contributed by atoms with E-state index >= 15 is 0 Å². The first kappa shape index (κ1) is 18.7. The Morgan fingerprint density at radius 2 is 1.79 bits per heavy atom. The van der Waals surface area contributed by atoms with Crippen molar-refractivity contribution in [3.05, 3.63) is 47.3 Å². The van der Waals surface area contributed by atoms with Gasteiger partial charge in [0, 0.05) is 64.0 Å². The van der Waals surface area contributed by atoms with Gasteiger partial charge in [-0.15, -0.1) is 0 Å². The van der Waals surface area contributed by atoms with Crippen LogP contribution in [0.25, 0.3) is 0 Å². The molecule has 1 aromatic carbocycles. The highest BCUT2D eigenvalue weighted by Gasteiger charge is 2.28. The summed E-state index contributed by atoms with van der Waals surface area (Å²) in [5, 5.41) is 7.29. The predicted molar refractivity (Wildman–Crippen MR) is 107 cm³/mol. The molecule has 28 heavy (non-hydrogen) atoms. The molecule has 1 N–H and O–H groups in total. The van der Waals surface area contributed by atoms with Crippen molar-refractivity contribution in [1.82, 2.24) is 19.6 Å². The average molecular weight is 381 g/mol. The normalized spacial score (nSPS) is 17.6. The van der Waals surface area contributed by atoms with E-state index in [4.69, 9.17) is 0 Å². The summed E-state index contributed by atoms with van der Waals surface area (Å²) in [7, 11) is 1.90. The third kappa shape index (κ3) is 4.25. The molecule has 148 valence electrons. The average Bonchev–Trinajstić information content (AvgIpc) is 3.45. The van der Waals surface area contributed by atoms with E-state index in [2.05, 4.69) is 15.3 Å². The molecule has 2 aliphatic rings. The number of hydrogen-bond donors (Lipinski definition) is 1. The number of carbonyl (C=O) groups excluding carboxylic acids is 2. The fourth-order valence-corrected chi connectivity index (χ4v) is 3.72. The van der Waals surface area contributed by atoms with Crippen LogP contribution in [0.4, 0.5) is 5.69 Å². The molecule has 1 aliphatic carbocycles. The van der Waals surface area contributed by atoms with E-state index in [-0.39, 0.29) is 11.8 Å². The molecule has 1 aliphatic heterocycles. The van der Waals surface area contributed by atoms with Crippen LogP contribution >= 0.6 is 0 Å². The van der Waals surface area contributed by atoms with E-state index in [9.17, 15) is 9.59 Å². The first-order valence-corrected chi connectivity index (χ1v) is 9.91. The number of amides is 2. The van der Waals surface area contributed by atoms with Gasteiger partial charge in [0.25, 0.3) is 5.91 Å². The van der Waals surface area contributed by atoms with Crippen LogP contribution in [0.3, 0.4) is 0 Å². The van der Waals surface area contributed by atoms with Gasteiger partial charge in [-0.25, -0.2) is 0 Å². The van der Waals surface area contributed by atoms with Gasteiger partial charge in [0.15, 0.2) is 5.69 Å². The number of nitrogens with one attached hydrogen (secondary N) is 1. The molecule has 4 rings (SSSR count). The van der Waals surface area contributed by atoms with Crippen molar-refractivity contribution in [2.75, 3.05) is 31.5 Å². The summed E-state index contributed by atoms with van der Waals surface area (Å²) in [5.41, 5.74) is 3.58. The van der Waals surface area contributed by atoms with Crippen LogP contribution in [0.2, 0.25) is 0 Å². The number of benzene rings is 1. The van der Waals surface area contributed by atoms with Crippen LogP contribution in [-0.4, -0.2) is 57.6 Å². The van der Waals surface area contributed by atoms with Crippen LogP contribution in [0.1, 0.15) is 47.4 Å². The van der Waals surface area contributed by atoms with Gasteiger partial charge in [0.1, 0.15) is 0 Å². The third-order valence-corrected chi connectivity index (χ3v) is 5.58. The Bertz CT molecular complexity index is 861. The van der Waals surface area contributed by atoms with Gasteiger partial charge in [0.05, 0.1) is 0 Å². The topological polar surface area (TPSA) is 70.5 Å². The van der Waals surface area contributed by atoms with E-state index in [1.165, 1.54) is 18.4 Å².